The largest absolute Gasteiger partial charge is 0.481 e. The molecule has 1 aliphatic rings. The molecule has 1 fully saturated rings. The summed E-state index contributed by atoms with van der Waals surface area (Å²) in [5.41, 5.74) is 0. The second kappa shape index (κ2) is 6.76. The van der Waals surface area contributed by atoms with Crippen molar-refractivity contribution in [1.29, 1.82) is 0 Å². The van der Waals surface area contributed by atoms with E-state index >= 15 is 0 Å². The lowest BCUT2D eigenvalue weighted by Crippen LogP contribution is -2.29. The Morgan fingerprint density at radius 2 is 2.18 bits per heavy atom. The zero-order valence-electron chi connectivity index (χ0n) is 9.64. The molecule has 1 N–H and O–H groups in total. The van der Waals surface area contributed by atoms with Crippen LogP contribution >= 0.6 is 24.0 Å². The minimum atomic E-state index is -0.774. The average Bonchev–Trinajstić information content (AvgIpc) is 2.54. The first-order chi connectivity index (χ1) is 8.06. The molecule has 0 unspecified atom stereocenters. The van der Waals surface area contributed by atoms with Crippen molar-refractivity contribution in [1.82, 2.24) is 4.90 Å². The highest BCUT2D eigenvalue weighted by Crippen LogP contribution is 2.30. The first-order valence-corrected chi connectivity index (χ1v) is 6.70. The average molecular weight is 273 g/mol. The third-order valence-electron chi connectivity index (χ3n) is 2.41. The zero-order chi connectivity index (χ0) is 12.8. The lowest BCUT2D eigenvalue weighted by atomic mass is 10.2. The number of carboxylic acid groups (broad SMARTS) is 1. The predicted molar refractivity (Wildman–Crippen MR) is 71.8 cm³/mol. The summed E-state index contributed by atoms with van der Waals surface area (Å²) in [5, 5.41) is 8.48. The van der Waals surface area contributed by atoms with Crippen LogP contribution in [0.25, 0.3) is 0 Å². The number of thiocarbonyl (C=S) groups is 1. The molecule has 6 heteroatoms. The molecule has 94 valence electrons. The lowest BCUT2D eigenvalue weighted by molar-refractivity contribution is -0.137. The maximum Gasteiger partial charge on any atom is 0.303 e. The number of unbranched alkanes of at least 4 members (excludes halogenated alkanes) is 2. The van der Waals surface area contributed by atoms with Crippen LogP contribution in [0.1, 0.15) is 32.6 Å². The van der Waals surface area contributed by atoms with Gasteiger partial charge in [-0.05, 0) is 19.8 Å². The van der Waals surface area contributed by atoms with E-state index in [1.807, 2.05) is 6.92 Å². The molecule has 1 aliphatic heterocycles. The molecule has 0 aromatic carbocycles. The molecule has 0 aromatic rings. The van der Waals surface area contributed by atoms with E-state index in [0.717, 1.165) is 12.8 Å². The minimum absolute atomic E-state index is 0.0271. The molecule has 4 nitrogen and oxygen atoms in total. The number of carboxylic acids is 1. The monoisotopic (exact) mass is 273 g/mol. The fourth-order valence-electron chi connectivity index (χ4n) is 1.51. The van der Waals surface area contributed by atoms with E-state index in [1.54, 1.807) is 11.0 Å². The summed E-state index contributed by atoms with van der Waals surface area (Å²) in [6.07, 6.45) is 4.19. The van der Waals surface area contributed by atoms with Crippen molar-refractivity contribution in [2.24, 2.45) is 0 Å². The molecule has 0 radical (unpaired) electrons. The number of nitrogens with zero attached hydrogens (tertiary/aromatic N) is 1. The highest BCUT2D eigenvalue weighted by molar-refractivity contribution is 8.26. The van der Waals surface area contributed by atoms with Gasteiger partial charge in [-0.25, -0.2) is 0 Å². The van der Waals surface area contributed by atoms with Gasteiger partial charge in [0.2, 0.25) is 0 Å². The summed E-state index contributed by atoms with van der Waals surface area (Å²) < 4.78 is 0.598. The van der Waals surface area contributed by atoms with Crippen LogP contribution in [0, 0.1) is 0 Å². The number of hydrogen-bond donors (Lipinski definition) is 1. The van der Waals surface area contributed by atoms with Gasteiger partial charge in [0.25, 0.3) is 5.91 Å². The summed E-state index contributed by atoms with van der Waals surface area (Å²) in [7, 11) is 0. The van der Waals surface area contributed by atoms with Gasteiger partial charge in [-0.1, -0.05) is 36.5 Å². The smallest absolute Gasteiger partial charge is 0.303 e. The first kappa shape index (κ1) is 14.2. The van der Waals surface area contributed by atoms with Gasteiger partial charge >= 0.3 is 5.97 Å². The Bertz CT molecular complexity index is 366. The molecular weight excluding hydrogens is 258 g/mol. The van der Waals surface area contributed by atoms with Crippen molar-refractivity contribution in [3.8, 4) is 0 Å². The van der Waals surface area contributed by atoms with Crippen LogP contribution in [0.3, 0.4) is 0 Å². The number of allylic oxidation sites excluding steroid dienone is 1. The van der Waals surface area contributed by atoms with Gasteiger partial charge in [0.05, 0.1) is 4.91 Å². The summed E-state index contributed by atoms with van der Waals surface area (Å²) in [5.74, 6) is -0.801. The Labute approximate surface area is 110 Å². The van der Waals surface area contributed by atoms with Crippen LogP contribution in [0.15, 0.2) is 11.0 Å². The fourth-order valence-corrected chi connectivity index (χ4v) is 2.74. The molecule has 0 aliphatic carbocycles. The third kappa shape index (κ3) is 4.12. The number of hydrogen-bond acceptors (Lipinski definition) is 4. The van der Waals surface area contributed by atoms with Crippen LogP contribution in [0.4, 0.5) is 0 Å². The lowest BCUT2D eigenvalue weighted by Gasteiger charge is -2.13. The SMILES string of the molecule is C/C=C1\SC(=S)N(CCCCCC(=O)O)C1=O. The highest BCUT2D eigenvalue weighted by Gasteiger charge is 2.30. The van der Waals surface area contributed by atoms with Crippen molar-refractivity contribution >= 4 is 40.2 Å². The third-order valence-corrected chi connectivity index (χ3v) is 3.90. The molecule has 1 saturated heterocycles. The Morgan fingerprint density at radius 3 is 2.71 bits per heavy atom. The maximum atomic E-state index is 11.8. The Hall–Kier alpha value is -0.880. The number of rotatable bonds is 6. The molecule has 1 amide bonds. The topological polar surface area (TPSA) is 57.6 Å². The van der Waals surface area contributed by atoms with Crippen molar-refractivity contribution in [2.75, 3.05) is 6.54 Å². The quantitative estimate of drug-likeness (QED) is 0.457. The normalized spacial score (nSPS) is 18.2. The zero-order valence-corrected chi connectivity index (χ0v) is 11.3. The molecule has 1 rings (SSSR count). The van der Waals surface area contributed by atoms with Crippen LogP contribution < -0.4 is 0 Å². The summed E-state index contributed by atoms with van der Waals surface area (Å²) in [6, 6.07) is 0. The fraction of sp³-hybridized carbons (Fsp3) is 0.545. The van der Waals surface area contributed by atoms with Gasteiger partial charge in [0, 0.05) is 13.0 Å². The summed E-state index contributed by atoms with van der Waals surface area (Å²) >= 11 is 6.44. The maximum absolute atomic E-state index is 11.8. The van der Waals surface area contributed by atoms with Crippen molar-refractivity contribution < 1.29 is 14.7 Å². The first-order valence-electron chi connectivity index (χ1n) is 5.48. The molecule has 0 spiro atoms. The standard InChI is InChI=1S/C11H15NO3S2/c1-2-8-10(15)12(11(16)17-8)7-5-3-4-6-9(13)14/h2H,3-7H2,1H3,(H,13,14)/b8-2-. The van der Waals surface area contributed by atoms with Gasteiger partial charge in [-0.2, -0.15) is 0 Å². The van der Waals surface area contributed by atoms with Gasteiger partial charge in [0.15, 0.2) is 0 Å². The van der Waals surface area contributed by atoms with E-state index in [-0.39, 0.29) is 12.3 Å². The van der Waals surface area contributed by atoms with Crippen LogP contribution in [0.2, 0.25) is 0 Å². The number of carbonyl (C=O) groups excluding carboxylic acids is 1. The van der Waals surface area contributed by atoms with Gasteiger partial charge in [0.1, 0.15) is 4.32 Å². The Morgan fingerprint density at radius 1 is 1.47 bits per heavy atom. The molecule has 0 bridgehead atoms. The van der Waals surface area contributed by atoms with E-state index in [0.29, 0.717) is 22.2 Å². The number of amides is 1. The molecule has 0 atom stereocenters. The number of carbonyl (C=O) groups is 2. The highest BCUT2D eigenvalue weighted by atomic mass is 32.2. The Kier molecular flexibility index (Phi) is 5.64. The van der Waals surface area contributed by atoms with E-state index in [9.17, 15) is 9.59 Å². The number of aliphatic carboxylic acids is 1. The van der Waals surface area contributed by atoms with E-state index in [4.69, 9.17) is 17.3 Å². The van der Waals surface area contributed by atoms with Crippen molar-refractivity contribution in [3.05, 3.63) is 11.0 Å². The van der Waals surface area contributed by atoms with Crippen molar-refractivity contribution in [3.63, 3.8) is 0 Å². The van der Waals surface area contributed by atoms with Crippen LogP contribution in [-0.2, 0) is 9.59 Å². The molecule has 1 heterocycles. The van der Waals surface area contributed by atoms with Gasteiger partial charge in [-0.3, -0.25) is 14.5 Å². The second-order valence-corrected chi connectivity index (χ2v) is 5.36. The molecule has 17 heavy (non-hydrogen) atoms. The predicted octanol–water partition coefficient (Wildman–Crippen LogP) is 2.40. The Balaban J connectivity index is 2.30. The van der Waals surface area contributed by atoms with Gasteiger partial charge in [-0.15, -0.1) is 0 Å². The van der Waals surface area contributed by atoms with E-state index in [2.05, 4.69) is 0 Å². The summed E-state index contributed by atoms with van der Waals surface area (Å²) in [4.78, 5) is 24.4. The molecule has 0 aromatic heterocycles. The van der Waals surface area contributed by atoms with Crippen LogP contribution in [0.5, 0.6) is 0 Å². The molecule has 0 saturated carbocycles. The van der Waals surface area contributed by atoms with Crippen LogP contribution in [-0.4, -0.2) is 32.7 Å². The van der Waals surface area contributed by atoms with Crippen molar-refractivity contribution in [2.45, 2.75) is 32.6 Å². The summed E-state index contributed by atoms with van der Waals surface area (Å²) in [6.45, 7) is 2.40. The van der Waals surface area contributed by atoms with E-state index in [1.165, 1.54) is 11.8 Å². The number of thioether (sulfide) groups is 1. The van der Waals surface area contributed by atoms with Gasteiger partial charge < -0.3 is 5.11 Å². The minimum Gasteiger partial charge on any atom is -0.481 e. The second-order valence-electron chi connectivity index (χ2n) is 3.68. The van der Waals surface area contributed by atoms with E-state index < -0.39 is 5.97 Å². The molecular formula is C11H15NO3S2.